The fraction of sp³-hybridized carbons (Fsp3) is 0.389. The van der Waals surface area contributed by atoms with Crippen LogP contribution >= 0.6 is 0 Å². The zero-order valence-corrected chi connectivity index (χ0v) is 12.7. The van der Waals surface area contributed by atoms with Gasteiger partial charge < -0.3 is 10.1 Å². The first kappa shape index (κ1) is 14.5. The van der Waals surface area contributed by atoms with Crippen LogP contribution in [0.25, 0.3) is 4.85 Å². The summed E-state index contributed by atoms with van der Waals surface area (Å²) in [5.41, 5.74) is -0.750. The van der Waals surface area contributed by atoms with Gasteiger partial charge in [0.15, 0.2) is 5.78 Å². The van der Waals surface area contributed by atoms with Crippen molar-refractivity contribution in [3.63, 3.8) is 0 Å². The summed E-state index contributed by atoms with van der Waals surface area (Å²) >= 11 is 0. The smallest absolute Gasteiger partial charge is 0.233 e. The second-order valence-corrected chi connectivity index (χ2v) is 6.52. The van der Waals surface area contributed by atoms with E-state index in [0.717, 1.165) is 12.0 Å². The summed E-state index contributed by atoms with van der Waals surface area (Å²) in [6.45, 7) is 11.6. The van der Waals surface area contributed by atoms with Gasteiger partial charge in [-0.3, -0.25) is 4.79 Å². The molecule has 0 bridgehead atoms. The Labute approximate surface area is 130 Å². The minimum absolute atomic E-state index is 0.0714. The molecular formula is C18H18N2O2. The molecule has 1 N–H and O–H groups in total. The van der Waals surface area contributed by atoms with Crippen molar-refractivity contribution in [1.82, 2.24) is 5.32 Å². The first-order valence-corrected chi connectivity index (χ1v) is 7.43. The Morgan fingerprint density at radius 1 is 1.23 bits per heavy atom. The number of fused-ring (bicyclic) bond motifs is 1. The molecule has 0 radical (unpaired) electrons. The van der Waals surface area contributed by atoms with Gasteiger partial charge in [-0.15, -0.1) is 0 Å². The molecule has 0 spiro atoms. The molecule has 22 heavy (non-hydrogen) atoms. The first-order valence-electron chi connectivity index (χ1n) is 7.43. The van der Waals surface area contributed by atoms with Crippen LogP contribution in [0.4, 0.5) is 0 Å². The van der Waals surface area contributed by atoms with Gasteiger partial charge in [0, 0.05) is 12.0 Å². The van der Waals surface area contributed by atoms with E-state index in [-0.39, 0.29) is 23.3 Å². The number of carbonyl (C=O) groups excluding carboxylic acids is 2. The van der Waals surface area contributed by atoms with E-state index in [1.807, 2.05) is 44.2 Å². The van der Waals surface area contributed by atoms with Crippen LogP contribution < -0.4 is 5.32 Å². The van der Waals surface area contributed by atoms with Gasteiger partial charge in [0.2, 0.25) is 11.6 Å². The Morgan fingerprint density at radius 2 is 1.91 bits per heavy atom. The van der Waals surface area contributed by atoms with Crippen LogP contribution in [0, 0.1) is 17.9 Å². The van der Waals surface area contributed by atoms with Crippen LogP contribution in [0.1, 0.15) is 25.8 Å². The van der Waals surface area contributed by atoms with E-state index >= 15 is 0 Å². The van der Waals surface area contributed by atoms with Crippen LogP contribution in [0.5, 0.6) is 0 Å². The number of Topliss-reactive ketones (excluding diaryl/α,β-unsaturated/α-hetero) is 1. The monoisotopic (exact) mass is 294 g/mol. The van der Waals surface area contributed by atoms with E-state index in [1.165, 1.54) is 0 Å². The Bertz CT molecular complexity index is 712. The number of carbonyl (C=O) groups is 2. The lowest BCUT2D eigenvalue weighted by atomic mass is 9.53. The fourth-order valence-electron chi connectivity index (χ4n) is 3.94. The van der Waals surface area contributed by atoms with Crippen LogP contribution in [0.2, 0.25) is 0 Å². The highest BCUT2D eigenvalue weighted by Crippen LogP contribution is 2.52. The van der Waals surface area contributed by atoms with Crippen molar-refractivity contribution in [1.29, 1.82) is 0 Å². The van der Waals surface area contributed by atoms with Gasteiger partial charge in [0.05, 0.1) is 12.0 Å². The average molecular weight is 294 g/mol. The predicted molar refractivity (Wildman–Crippen MR) is 82.7 cm³/mol. The number of amides is 1. The van der Waals surface area contributed by atoms with E-state index < -0.39 is 10.8 Å². The van der Waals surface area contributed by atoms with E-state index in [0.29, 0.717) is 6.54 Å². The number of ketones is 1. The molecule has 1 aliphatic carbocycles. The summed E-state index contributed by atoms with van der Waals surface area (Å²) < 4.78 is 0. The summed E-state index contributed by atoms with van der Waals surface area (Å²) in [7, 11) is 0. The number of nitrogens with zero attached hydrogens (tertiary/aromatic N) is 1. The molecule has 1 heterocycles. The molecule has 1 fully saturated rings. The minimum Gasteiger partial charge on any atom is -0.355 e. The molecule has 0 saturated carbocycles. The van der Waals surface area contributed by atoms with Crippen molar-refractivity contribution in [2.24, 2.45) is 11.3 Å². The molecule has 2 atom stereocenters. The topological polar surface area (TPSA) is 50.5 Å². The molecule has 4 nitrogen and oxygen atoms in total. The maximum Gasteiger partial charge on any atom is 0.233 e. The highest BCUT2D eigenvalue weighted by atomic mass is 16.2. The highest BCUT2D eigenvalue weighted by Gasteiger charge is 2.58. The second kappa shape index (κ2) is 4.81. The lowest BCUT2D eigenvalue weighted by Crippen LogP contribution is -2.61. The van der Waals surface area contributed by atoms with Crippen LogP contribution in [0.15, 0.2) is 42.1 Å². The highest BCUT2D eigenvalue weighted by molar-refractivity contribution is 6.06. The zero-order chi connectivity index (χ0) is 16.0. The summed E-state index contributed by atoms with van der Waals surface area (Å²) in [6.07, 6.45) is 2.32. The van der Waals surface area contributed by atoms with Crippen molar-refractivity contribution in [3.8, 4) is 0 Å². The standard InChI is InChI=1S/C18H18N2O2/c1-17(2)14-9-10-20-16(22)18(14,11-13(19-3)15(17)21)12-7-5-4-6-8-12/h4-8,11,14H,9-10H2,1-2H3,(H,20,22)/t14-,18+/m0/s1. The molecule has 1 aliphatic heterocycles. The molecule has 2 aliphatic rings. The molecule has 1 saturated heterocycles. The normalized spacial score (nSPS) is 29.9. The molecule has 112 valence electrons. The summed E-state index contributed by atoms with van der Waals surface area (Å²) in [6, 6.07) is 9.48. The molecule has 1 amide bonds. The predicted octanol–water partition coefficient (Wildman–Crippen LogP) is 2.47. The SMILES string of the molecule is [C-]#[N+]C1=C[C@]2(c3ccccc3)C(=O)NCC[C@H]2C(C)(C)C1=O. The quantitative estimate of drug-likeness (QED) is 0.809. The number of piperidine rings is 1. The number of allylic oxidation sites excluding steroid dienone is 1. The van der Waals surface area contributed by atoms with E-state index in [9.17, 15) is 9.59 Å². The first-order chi connectivity index (χ1) is 10.4. The Balaban J connectivity index is 2.33. The molecule has 4 heteroatoms. The van der Waals surface area contributed by atoms with Crippen molar-refractivity contribution in [2.75, 3.05) is 6.54 Å². The van der Waals surface area contributed by atoms with Crippen LogP contribution in [-0.4, -0.2) is 18.2 Å². The average Bonchev–Trinajstić information content (AvgIpc) is 2.53. The maximum atomic E-state index is 12.8. The lowest BCUT2D eigenvalue weighted by Gasteiger charge is -2.51. The Kier molecular flexibility index (Phi) is 3.17. The van der Waals surface area contributed by atoms with Gasteiger partial charge in [-0.2, -0.15) is 0 Å². The zero-order valence-electron chi connectivity index (χ0n) is 12.7. The van der Waals surface area contributed by atoms with Crippen LogP contribution in [0.3, 0.4) is 0 Å². The van der Waals surface area contributed by atoms with Gasteiger partial charge in [0.1, 0.15) is 0 Å². The molecular weight excluding hydrogens is 276 g/mol. The summed E-state index contributed by atoms with van der Waals surface area (Å²) in [4.78, 5) is 28.8. The molecule has 0 unspecified atom stereocenters. The number of rotatable bonds is 1. The lowest BCUT2D eigenvalue weighted by molar-refractivity contribution is -0.138. The third kappa shape index (κ3) is 1.75. The van der Waals surface area contributed by atoms with Crippen molar-refractivity contribution in [2.45, 2.75) is 25.7 Å². The molecule has 1 aromatic carbocycles. The van der Waals surface area contributed by atoms with Gasteiger partial charge >= 0.3 is 0 Å². The van der Waals surface area contributed by atoms with Crippen molar-refractivity contribution < 1.29 is 9.59 Å². The van der Waals surface area contributed by atoms with Gasteiger partial charge in [-0.25, -0.2) is 4.85 Å². The van der Waals surface area contributed by atoms with Gasteiger partial charge in [-0.1, -0.05) is 50.3 Å². The second-order valence-electron chi connectivity index (χ2n) is 6.52. The largest absolute Gasteiger partial charge is 0.355 e. The molecule has 0 aromatic heterocycles. The van der Waals surface area contributed by atoms with Crippen molar-refractivity contribution in [3.05, 3.63) is 59.1 Å². The number of benzene rings is 1. The maximum absolute atomic E-state index is 12.8. The van der Waals surface area contributed by atoms with E-state index in [1.54, 1.807) is 6.08 Å². The Morgan fingerprint density at radius 3 is 2.55 bits per heavy atom. The Hall–Kier alpha value is -2.41. The van der Waals surface area contributed by atoms with Gasteiger partial charge in [0.25, 0.3) is 0 Å². The summed E-state index contributed by atoms with van der Waals surface area (Å²) in [5, 5.41) is 2.92. The minimum atomic E-state index is -0.934. The molecule has 1 aromatic rings. The number of hydrogen-bond acceptors (Lipinski definition) is 2. The van der Waals surface area contributed by atoms with Crippen LogP contribution in [-0.2, 0) is 15.0 Å². The van der Waals surface area contributed by atoms with E-state index in [4.69, 9.17) is 6.57 Å². The van der Waals surface area contributed by atoms with Crippen molar-refractivity contribution >= 4 is 11.7 Å². The number of nitrogens with one attached hydrogen (secondary N) is 1. The van der Waals surface area contributed by atoms with E-state index in [2.05, 4.69) is 10.2 Å². The number of hydrogen-bond donors (Lipinski definition) is 1. The third-order valence-corrected chi connectivity index (χ3v) is 5.07. The fourth-order valence-corrected chi connectivity index (χ4v) is 3.94. The van der Waals surface area contributed by atoms with Gasteiger partial charge in [-0.05, 0) is 17.9 Å². The third-order valence-electron chi connectivity index (χ3n) is 5.07. The molecule has 3 rings (SSSR count). The summed E-state index contributed by atoms with van der Waals surface area (Å²) in [5.74, 6) is -0.417.